The first-order valence-electron chi connectivity index (χ1n) is 8.22. The summed E-state index contributed by atoms with van der Waals surface area (Å²) < 4.78 is 74.7. The van der Waals surface area contributed by atoms with E-state index >= 15 is 0 Å². The number of ether oxygens (including phenoxy) is 1. The molecule has 0 atom stereocenters. The van der Waals surface area contributed by atoms with Crippen LogP contribution in [0, 0.1) is 29.1 Å². The summed E-state index contributed by atoms with van der Waals surface area (Å²) in [7, 11) is 0. The molecule has 1 aliphatic heterocycles. The largest absolute Gasteiger partial charge is 0.493 e. The van der Waals surface area contributed by atoms with E-state index in [1.54, 1.807) is 25.1 Å². The number of carbonyl (C=O) groups is 1. The van der Waals surface area contributed by atoms with E-state index < -0.39 is 40.7 Å². The van der Waals surface area contributed by atoms with Crippen LogP contribution in [0.1, 0.15) is 19.4 Å². The zero-order chi connectivity index (χ0) is 21.5. The van der Waals surface area contributed by atoms with Crippen molar-refractivity contribution in [1.29, 1.82) is 0 Å². The van der Waals surface area contributed by atoms with Crippen molar-refractivity contribution in [2.45, 2.75) is 13.8 Å². The van der Waals surface area contributed by atoms with Crippen LogP contribution >= 0.6 is 15.9 Å². The lowest BCUT2D eigenvalue weighted by Gasteiger charge is -2.15. The van der Waals surface area contributed by atoms with Gasteiger partial charge in [0.25, 0.3) is 5.91 Å². The van der Waals surface area contributed by atoms with E-state index in [0.717, 1.165) is 0 Å². The fourth-order valence-electron chi connectivity index (χ4n) is 2.69. The second kappa shape index (κ2) is 7.94. The predicted octanol–water partition coefficient (Wildman–Crippen LogP) is 5.35. The molecule has 0 saturated heterocycles. The number of halogens is 6. The summed E-state index contributed by atoms with van der Waals surface area (Å²) in [5.74, 6) is -11.6. The zero-order valence-corrected chi connectivity index (χ0v) is 16.6. The Morgan fingerprint density at radius 3 is 2.24 bits per heavy atom. The van der Waals surface area contributed by atoms with E-state index in [1.807, 2.05) is 0 Å². The Hall–Kier alpha value is -2.75. The summed E-state index contributed by atoms with van der Waals surface area (Å²) in [4.78, 5) is 12.7. The maximum absolute atomic E-state index is 14.1. The van der Waals surface area contributed by atoms with Crippen molar-refractivity contribution in [3.63, 3.8) is 0 Å². The number of anilines is 1. The smallest absolute Gasteiger partial charge is 0.280 e. The molecule has 0 radical (unpaired) electrons. The predicted molar refractivity (Wildman–Crippen MR) is 100 cm³/mol. The van der Waals surface area contributed by atoms with Gasteiger partial charge in [0.15, 0.2) is 23.3 Å². The van der Waals surface area contributed by atoms with Crippen LogP contribution in [0.15, 0.2) is 33.3 Å². The van der Waals surface area contributed by atoms with Crippen LogP contribution in [0.25, 0.3) is 6.08 Å². The summed E-state index contributed by atoms with van der Waals surface area (Å²) >= 11 is 3.29. The third-order valence-corrected chi connectivity index (χ3v) is 4.53. The lowest BCUT2D eigenvalue weighted by atomic mass is 10.1. The lowest BCUT2D eigenvalue weighted by Crippen LogP contribution is -2.25. The second-order valence-corrected chi connectivity index (χ2v) is 6.81. The monoisotopic (exact) mass is 474 g/mol. The molecule has 0 bridgehead atoms. The highest BCUT2D eigenvalue weighted by atomic mass is 79.9. The first kappa shape index (κ1) is 21.0. The van der Waals surface area contributed by atoms with E-state index in [9.17, 15) is 26.7 Å². The van der Waals surface area contributed by atoms with Crippen molar-refractivity contribution >= 4 is 39.3 Å². The van der Waals surface area contributed by atoms with Gasteiger partial charge in [-0.05, 0) is 38.1 Å². The maximum atomic E-state index is 14.1. The van der Waals surface area contributed by atoms with Crippen molar-refractivity contribution in [2.24, 2.45) is 5.10 Å². The van der Waals surface area contributed by atoms with Crippen LogP contribution in [0.4, 0.5) is 27.6 Å². The van der Waals surface area contributed by atoms with Gasteiger partial charge in [-0.3, -0.25) is 4.79 Å². The minimum absolute atomic E-state index is 0.0290. The topological polar surface area (TPSA) is 41.9 Å². The standard InChI is InChI=1S/C19H12BrF5N2O2/c1-3-29-12-5-4-10(20)6-9(12)7-11-8(2)26-27(19(11)28)18-16(24)14(22)13(21)15(23)17(18)25/h4-7H,3H2,1-2H3/b11-7+. The molecule has 0 unspecified atom stereocenters. The highest BCUT2D eigenvalue weighted by Crippen LogP contribution is 2.35. The summed E-state index contributed by atoms with van der Waals surface area (Å²) in [6, 6.07) is 5.00. The number of amides is 1. The van der Waals surface area contributed by atoms with Gasteiger partial charge in [0.05, 0.1) is 17.9 Å². The highest BCUT2D eigenvalue weighted by molar-refractivity contribution is 9.10. The molecule has 2 aromatic carbocycles. The molecule has 2 aromatic rings. The van der Waals surface area contributed by atoms with Gasteiger partial charge in [0, 0.05) is 10.0 Å². The molecular weight excluding hydrogens is 463 g/mol. The Kier molecular flexibility index (Phi) is 5.74. The van der Waals surface area contributed by atoms with Crippen molar-refractivity contribution in [3.8, 4) is 5.75 Å². The molecule has 1 heterocycles. The summed E-state index contributed by atoms with van der Waals surface area (Å²) in [6.45, 7) is 3.47. The molecular formula is C19H12BrF5N2O2. The molecule has 0 N–H and O–H groups in total. The van der Waals surface area contributed by atoms with E-state index in [0.29, 0.717) is 22.4 Å². The summed E-state index contributed by atoms with van der Waals surface area (Å²) in [5.41, 5.74) is -1.04. The molecule has 0 fully saturated rings. The Morgan fingerprint density at radius 2 is 1.66 bits per heavy atom. The number of hydrogen-bond acceptors (Lipinski definition) is 3. The molecule has 1 aliphatic rings. The molecule has 0 saturated carbocycles. The summed E-state index contributed by atoms with van der Waals surface area (Å²) in [6.07, 6.45) is 1.36. The lowest BCUT2D eigenvalue weighted by molar-refractivity contribution is -0.114. The van der Waals surface area contributed by atoms with Gasteiger partial charge in [0.1, 0.15) is 11.4 Å². The fraction of sp³-hybridized carbons (Fsp3) is 0.158. The molecule has 10 heteroatoms. The van der Waals surface area contributed by atoms with Gasteiger partial charge in [-0.2, -0.15) is 10.1 Å². The molecule has 152 valence electrons. The molecule has 29 heavy (non-hydrogen) atoms. The van der Waals surface area contributed by atoms with Crippen molar-refractivity contribution < 1.29 is 31.5 Å². The van der Waals surface area contributed by atoms with E-state index in [4.69, 9.17) is 4.74 Å². The van der Waals surface area contributed by atoms with Crippen LogP contribution in [0.2, 0.25) is 0 Å². The van der Waals surface area contributed by atoms with E-state index in [2.05, 4.69) is 21.0 Å². The quantitative estimate of drug-likeness (QED) is 0.259. The normalized spacial score (nSPS) is 15.3. The number of nitrogens with zero attached hydrogens (tertiary/aromatic N) is 2. The molecule has 1 amide bonds. The van der Waals surface area contributed by atoms with Crippen molar-refractivity contribution in [3.05, 3.63) is 62.9 Å². The molecule has 0 aliphatic carbocycles. The van der Waals surface area contributed by atoms with Crippen molar-refractivity contribution in [2.75, 3.05) is 11.6 Å². The highest BCUT2D eigenvalue weighted by Gasteiger charge is 2.37. The number of hydrogen-bond donors (Lipinski definition) is 0. The van der Waals surface area contributed by atoms with Crippen LogP contribution in [0.3, 0.4) is 0 Å². The second-order valence-electron chi connectivity index (χ2n) is 5.89. The number of hydrazone groups is 1. The molecule has 0 spiro atoms. The first-order valence-corrected chi connectivity index (χ1v) is 9.02. The zero-order valence-electron chi connectivity index (χ0n) is 15.0. The van der Waals surface area contributed by atoms with Gasteiger partial charge in [-0.15, -0.1) is 0 Å². The average Bonchev–Trinajstić information content (AvgIpc) is 2.95. The van der Waals surface area contributed by atoms with E-state index in [1.165, 1.54) is 13.0 Å². The Morgan fingerprint density at radius 1 is 1.07 bits per heavy atom. The van der Waals surface area contributed by atoms with Gasteiger partial charge in [-0.25, -0.2) is 22.0 Å². The number of carbonyl (C=O) groups excluding carboxylic acids is 1. The molecule has 3 rings (SSSR count). The van der Waals surface area contributed by atoms with Crippen LogP contribution in [-0.2, 0) is 4.79 Å². The Bertz CT molecular complexity index is 1060. The first-order chi connectivity index (χ1) is 13.7. The van der Waals surface area contributed by atoms with E-state index in [-0.39, 0.29) is 16.3 Å². The third-order valence-electron chi connectivity index (χ3n) is 4.03. The van der Waals surface area contributed by atoms with Crippen molar-refractivity contribution in [1.82, 2.24) is 0 Å². The number of benzene rings is 2. The average molecular weight is 475 g/mol. The van der Waals surface area contributed by atoms with Gasteiger partial charge in [-0.1, -0.05) is 15.9 Å². The van der Waals surface area contributed by atoms with Gasteiger partial charge >= 0.3 is 0 Å². The maximum Gasteiger partial charge on any atom is 0.280 e. The van der Waals surface area contributed by atoms with Crippen LogP contribution < -0.4 is 9.75 Å². The van der Waals surface area contributed by atoms with Gasteiger partial charge < -0.3 is 4.74 Å². The SMILES string of the molecule is CCOc1ccc(Br)cc1/C=C1/C(=O)N(c2c(F)c(F)c(F)c(F)c2F)N=C1C. The fourth-order valence-corrected chi connectivity index (χ4v) is 3.07. The third kappa shape index (κ3) is 3.64. The Labute approximate surface area is 170 Å². The van der Waals surface area contributed by atoms with Gasteiger partial charge in [0.2, 0.25) is 5.82 Å². The molecule has 0 aromatic heterocycles. The minimum Gasteiger partial charge on any atom is -0.493 e. The number of rotatable bonds is 4. The van der Waals surface area contributed by atoms with Crippen LogP contribution in [-0.4, -0.2) is 18.2 Å². The molecule has 4 nitrogen and oxygen atoms in total. The summed E-state index contributed by atoms with van der Waals surface area (Å²) in [5, 5.41) is 3.86. The minimum atomic E-state index is -2.32. The van der Waals surface area contributed by atoms with Crippen LogP contribution in [0.5, 0.6) is 5.75 Å². The Balaban J connectivity index is 2.11.